The molecule has 0 radical (unpaired) electrons. The number of anilines is 1. The van der Waals surface area contributed by atoms with Crippen molar-refractivity contribution in [1.29, 1.82) is 0 Å². The van der Waals surface area contributed by atoms with E-state index in [-0.39, 0.29) is 17.8 Å². The number of piperidine rings is 1. The Hall–Kier alpha value is -2.89. The van der Waals surface area contributed by atoms with Crippen LogP contribution in [0.1, 0.15) is 25.1 Å². The number of hydrogen-bond acceptors (Lipinski definition) is 3. The predicted molar refractivity (Wildman–Crippen MR) is 109 cm³/mol. The van der Waals surface area contributed by atoms with Gasteiger partial charge in [-0.05, 0) is 56.2 Å². The van der Waals surface area contributed by atoms with Gasteiger partial charge in [-0.2, -0.15) is 0 Å². The van der Waals surface area contributed by atoms with Crippen molar-refractivity contribution in [3.05, 3.63) is 60.2 Å². The Bertz CT molecular complexity index is 966. The van der Waals surface area contributed by atoms with Gasteiger partial charge in [0.2, 0.25) is 5.91 Å². The van der Waals surface area contributed by atoms with Crippen LogP contribution in [0.15, 0.2) is 48.5 Å². The largest absolute Gasteiger partial charge is 0.381 e. The zero-order valence-corrected chi connectivity index (χ0v) is 16.1. The highest BCUT2D eigenvalue weighted by Gasteiger charge is 2.23. The van der Waals surface area contributed by atoms with Crippen LogP contribution in [0.4, 0.5) is 10.1 Å². The van der Waals surface area contributed by atoms with Gasteiger partial charge in [-0.25, -0.2) is 9.37 Å². The quantitative estimate of drug-likeness (QED) is 0.728. The third-order valence-corrected chi connectivity index (χ3v) is 5.38. The van der Waals surface area contributed by atoms with Crippen LogP contribution in [0.5, 0.6) is 0 Å². The van der Waals surface area contributed by atoms with Crippen LogP contribution in [0, 0.1) is 12.7 Å². The number of benzene rings is 2. The Morgan fingerprint density at radius 2 is 2.00 bits per heavy atom. The predicted octanol–water partition coefficient (Wildman–Crippen LogP) is 3.98. The van der Waals surface area contributed by atoms with E-state index >= 15 is 0 Å². The number of carbonyl (C=O) groups is 1. The number of rotatable bonds is 5. The first-order valence-electron chi connectivity index (χ1n) is 9.82. The summed E-state index contributed by atoms with van der Waals surface area (Å²) in [5, 5.41) is 3.42. The SMILES string of the molecule is Cc1nc2ccccc2n1CCC(=O)N1CCC[C@@H](Nc2ccc(F)cc2)C1. The number of nitrogens with one attached hydrogen (secondary N) is 1. The number of aromatic nitrogens is 2. The van der Waals surface area contributed by atoms with E-state index in [1.54, 1.807) is 12.1 Å². The van der Waals surface area contributed by atoms with E-state index in [1.807, 2.05) is 36.1 Å². The van der Waals surface area contributed by atoms with Gasteiger partial charge in [-0.1, -0.05) is 12.1 Å². The van der Waals surface area contributed by atoms with E-state index in [0.29, 0.717) is 19.5 Å². The van der Waals surface area contributed by atoms with E-state index in [2.05, 4.69) is 14.9 Å². The molecule has 6 heteroatoms. The van der Waals surface area contributed by atoms with Crippen molar-refractivity contribution in [1.82, 2.24) is 14.5 Å². The van der Waals surface area contributed by atoms with Crippen LogP contribution in [0.25, 0.3) is 11.0 Å². The van der Waals surface area contributed by atoms with Gasteiger partial charge in [-0.15, -0.1) is 0 Å². The Morgan fingerprint density at radius 3 is 2.82 bits per heavy atom. The minimum Gasteiger partial charge on any atom is -0.381 e. The first-order chi connectivity index (χ1) is 13.6. The van der Waals surface area contributed by atoms with Gasteiger partial charge >= 0.3 is 0 Å². The summed E-state index contributed by atoms with van der Waals surface area (Å²) in [6.45, 7) is 4.09. The van der Waals surface area contributed by atoms with Crippen molar-refractivity contribution in [2.75, 3.05) is 18.4 Å². The van der Waals surface area contributed by atoms with Crippen LogP contribution in [-0.2, 0) is 11.3 Å². The fraction of sp³-hybridized carbons (Fsp3) is 0.364. The summed E-state index contributed by atoms with van der Waals surface area (Å²) in [5.41, 5.74) is 2.93. The number of halogens is 1. The van der Waals surface area contributed by atoms with Crippen molar-refractivity contribution in [2.45, 2.75) is 38.8 Å². The summed E-state index contributed by atoms with van der Waals surface area (Å²) in [6, 6.07) is 14.6. The van der Waals surface area contributed by atoms with Gasteiger partial charge in [-0.3, -0.25) is 4.79 Å². The van der Waals surface area contributed by atoms with Crippen LogP contribution >= 0.6 is 0 Å². The molecule has 28 heavy (non-hydrogen) atoms. The highest BCUT2D eigenvalue weighted by Crippen LogP contribution is 2.19. The van der Waals surface area contributed by atoms with Crippen LogP contribution in [0.2, 0.25) is 0 Å². The zero-order chi connectivity index (χ0) is 19.5. The molecule has 1 aliphatic rings. The van der Waals surface area contributed by atoms with Crippen molar-refractivity contribution in [3.63, 3.8) is 0 Å². The van der Waals surface area contributed by atoms with Gasteiger partial charge in [0, 0.05) is 37.8 Å². The number of amides is 1. The lowest BCUT2D eigenvalue weighted by molar-refractivity contribution is -0.132. The van der Waals surface area contributed by atoms with Crippen LogP contribution in [0.3, 0.4) is 0 Å². The fourth-order valence-electron chi connectivity index (χ4n) is 3.95. The highest BCUT2D eigenvalue weighted by molar-refractivity contribution is 5.78. The Kier molecular flexibility index (Phi) is 5.28. The molecule has 1 atom stereocenters. The lowest BCUT2D eigenvalue weighted by Gasteiger charge is -2.34. The first-order valence-corrected chi connectivity index (χ1v) is 9.82. The van der Waals surface area contributed by atoms with Crippen LogP contribution in [-0.4, -0.2) is 39.5 Å². The van der Waals surface area contributed by atoms with Gasteiger partial charge in [0.15, 0.2) is 0 Å². The number of aryl methyl sites for hydroxylation is 2. The van der Waals surface area contributed by atoms with Gasteiger partial charge in [0.05, 0.1) is 11.0 Å². The molecule has 2 heterocycles. The second-order valence-electron chi connectivity index (χ2n) is 7.38. The normalized spacial score (nSPS) is 17.1. The molecule has 1 aromatic heterocycles. The molecule has 5 nitrogen and oxygen atoms in total. The maximum Gasteiger partial charge on any atom is 0.224 e. The Labute approximate surface area is 164 Å². The lowest BCUT2D eigenvalue weighted by atomic mass is 10.0. The number of likely N-dealkylation sites (tertiary alicyclic amines) is 1. The summed E-state index contributed by atoms with van der Waals surface area (Å²) in [5.74, 6) is 0.861. The molecule has 2 aromatic carbocycles. The number of hydrogen-bond donors (Lipinski definition) is 1. The molecule has 1 N–H and O–H groups in total. The van der Waals surface area contributed by atoms with Gasteiger partial charge in [0.25, 0.3) is 0 Å². The van der Waals surface area contributed by atoms with Crippen molar-refractivity contribution < 1.29 is 9.18 Å². The van der Waals surface area contributed by atoms with Crippen molar-refractivity contribution in [3.8, 4) is 0 Å². The van der Waals surface area contributed by atoms with Crippen molar-refractivity contribution >= 4 is 22.6 Å². The second kappa shape index (κ2) is 8.00. The smallest absolute Gasteiger partial charge is 0.224 e. The molecule has 0 unspecified atom stereocenters. The molecule has 4 rings (SSSR count). The Morgan fingerprint density at radius 1 is 1.21 bits per heavy atom. The number of fused-ring (bicyclic) bond motifs is 1. The minimum atomic E-state index is -0.242. The molecule has 1 saturated heterocycles. The summed E-state index contributed by atoms with van der Waals surface area (Å²) < 4.78 is 15.2. The summed E-state index contributed by atoms with van der Waals surface area (Å²) in [4.78, 5) is 19.3. The minimum absolute atomic E-state index is 0.169. The number of nitrogens with zero attached hydrogens (tertiary/aromatic N) is 3. The van der Waals surface area contributed by atoms with E-state index in [0.717, 1.165) is 41.9 Å². The third kappa shape index (κ3) is 4.01. The molecule has 1 aliphatic heterocycles. The summed E-state index contributed by atoms with van der Waals surface area (Å²) in [6.07, 6.45) is 2.44. The topological polar surface area (TPSA) is 50.2 Å². The molecular weight excluding hydrogens is 355 g/mol. The number of carbonyl (C=O) groups excluding carboxylic acids is 1. The number of imidazole rings is 1. The molecule has 1 fully saturated rings. The monoisotopic (exact) mass is 380 g/mol. The van der Waals surface area contributed by atoms with E-state index < -0.39 is 0 Å². The van der Waals surface area contributed by atoms with Gasteiger partial charge in [0.1, 0.15) is 11.6 Å². The summed E-state index contributed by atoms with van der Waals surface area (Å²) >= 11 is 0. The van der Waals surface area contributed by atoms with E-state index in [1.165, 1.54) is 12.1 Å². The maximum absolute atomic E-state index is 13.1. The van der Waals surface area contributed by atoms with E-state index in [9.17, 15) is 9.18 Å². The highest BCUT2D eigenvalue weighted by atomic mass is 19.1. The average molecular weight is 380 g/mol. The maximum atomic E-state index is 13.1. The standard InChI is InChI=1S/C22H25FN4O/c1-16-24-20-6-2-3-7-21(20)27(16)14-12-22(28)26-13-4-5-19(15-26)25-18-10-8-17(23)9-11-18/h2-3,6-11,19,25H,4-5,12-15H2,1H3/t19-/m1/s1. The average Bonchev–Trinajstić information content (AvgIpc) is 3.03. The molecule has 0 bridgehead atoms. The molecule has 146 valence electrons. The van der Waals surface area contributed by atoms with Crippen LogP contribution < -0.4 is 5.32 Å². The van der Waals surface area contributed by atoms with E-state index in [4.69, 9.17) is 0 Å². The third-order valence-electron chi connectivity index (χ3n) is 5.38. The first kappa shape index (κ1) is 18.5. The summed E-state index contributed by atoms with van der Waals surface area (Å²) in [7, 11) is 0. The second-order valence-corrected chi connectivity index (χ2v) is 7.38. The molecule has 3 aromatic rings. The lowest BCUT2D eigenvalue weighted by Crippen LogP contribution is -2.45. The molecule has 1 amide bonds. The molecule has 0 saturated carbocycles. The molecule has 0 aliphatic carbocycles. The molecule has 0 spiro atoms. The van der Waals surface area contributed by atoms with Gasteiger partial charge < -0.3 is 14.8 Å². The van der Waals surface area contributed by atoms with Crippen molar-refractivity contribution in [2.24, 2.45) is 0 Å². The fourth-order valence-corrected chi connectivity index (χ4v) is 3.95. The number of para-hydroxylation sites is 2. The molecular formula is C22H25FN4O. The zero-order valence-electron chi connectivity index (χ0n) is 16.1. The Balaban J connectivity index is 1.36.